The van der Waals surface area contributed by atoms with Crippen LogP contribution < -0.4 is 5.32 Å². The lowest BCUT2D eigenvalue weighted by Gasteiger charge is -2.03. The molecule has 5 nitrogen and oxygen atoms in total. The molecule has 1 N–H and O–H groups in total. The first kappa shape index (κ1) is 15.4. The van der Waals surface area contributed by atoms with Crippen molar-refractivity contribution in [3.05, 3.63) is 40.4 Å². The van der Waals surface area contributed by atoms with Crippen LogP contribution in [0.15, 0.2) is 24.3 Å². The van der Waals surface area contributed by atoms with E-state index in [2.05, 4.69) is 27.2 Å². The Morgan fingerprint density at radius 1 is 1.29 bits per heavy atom. The highest BCUT2D eigenvalue weighted by atomic mass is 32.1. The summed E-state index contributed by atoms with van der Waals surface area (Å²) in [5.41, 5.74) is 1.63. The van der Waals surface area contributed by atoms with E-state index in [-0.39, 0.29) is 5.97 Å². The number of nitrogens with zero attached hydrogens (tertiary/aromatic N) is 2. The maximum atomic E-state index is 11.3. The zero-order valence-electron chi connectivity index (χ0n) is 12.3. The van der Waals surface area contributed by atoms with Gasteiger partial charge in [0, 0.05) is 13.0 Å². The van der Waals surface area contributed by atoms with Crippen molar-refractivity contribution >= 4 is 22.4 Å². The Balaban J connectivity index is 1.87. The summed E-state index contributed by atoms with van der Waals surface area (Å²) in [6.07, 6.45) is 3.29. The van der Waals surface area contributed by atoms with Crippen molar-refractivity contribution in [2.24, 2.45) is 0 Å². The molecule has 0 radical (unpaired) electrons. The summed E-state index contributed by atoms with van der Waals surface area (Å²) in [7, 11) is 1.38. The van der Waals surface area contributed by atoms with Crippen molar-refractivity contribution in [1.82, 2.24) is 10.2 Å². The highest BCUT2D eigenvalue weighted by Gasteiger charge is 2.06. The molecule has 112 valence electrons. The van der Waals surface area contributed by atoms with Crippen molar-refractivity contribution in [3.8, 4) is 0 Å². The fourth-order valence-electron chi connectivity index (χ4n) is 1.81. The molecule has 21 heavy (non-hydrogen) atoms. The van der Waals surface area contributed by atoms with Gasteiger partial charge in [0.1, 0.15) is 5.01 Å². The molecule has 0 bridgehead atoms. The van der Waals surface area contributed by atoms with Gasteiger partial charge in [0.05, 0.1) is 12.7 Å². The first-order valence-corrected chi connectivity index (χ1v) is 7.78. The van der Waals surface area contributed by atoms with Gasteiger partial charge in [-0.3, -0.25) is 0 Å². The molecule has 2 rings (SSSR count). The average molecular weight is 305 g/mol. The molecule has 0 aliphatic rings. The summed E-state index contributed by atoms with van der Waals surface area (Å²) < 4.78 is 4.67. The van der Waals surface area contributed by atoms with E-state index in [1.54, 1.807) is 23.5 Å². The second kappa shape index (κ2) is 7.73. The number of carbonyl (C=O) groups excluding carboxylic acids is 1. The Kier molecular flexibility index (Phi) is 5.68. The Morgan fingerprint density at radius 2 is 2.05 bits per heavy atom. The maximum absolute atomic E-state index is 11.3. The number of esters is 1. The molecule has 0 unspecified atom stereocenters. The van der Waals surface area contributed by atoms with Crippen LogP contribution in [0, 0.1) is 0 Å². The van der Waals surface area contributed by atoms with E-state index >= 15 is 0 Å². The minimum absolute atomic E-state index is 0.320. The van der Waals surface area contributed by atoms with Gasteiger partial charge in [-0.25, -0.2) is 4.79 Å². The zero-order chi connectivity index (χ0) is 15.1. The smallest absolute Gasteiger partial charge is 0.337 e. The van der Waals surface area contributed by atoms with Crippen molar-refractivity contribution in [2.45, 2.75) is 32.7 Å². The number of aryl methyl sites for hydroxylation is 1. The highest BCUT2D eigenvalue weighted by Crippen LogP contribution is 2.18. The molecule has 0 spiro atoms. The third kappa shape index (κ3) is 4.53. The van der Waals surface area contributed by atoms with Crippen molar-refractivity contribution < 1.29 is 9.53 Å². The third-order valence-corrected chi connectivity index (χ3v) is 3.97. The number of hydrogen-bond acceptors (Lipinski definition) is 6. The topological polar surface area (TPSA) is 64.1 Å². The molecule has 0 atom stereocenters. The van der Waals surface area contributed by atoms with Crippen LogP contribution in [0.2, 0.25) is 0 Å². The van der Waals surface area contributed by atoms with Crippen molar-refractivity contribution in [3.63, 3.8) is 0 Å². The van der Waals surface area contributed by atoms with Gasteiger partial charge < -0.3 is 10.1 Å². The Labute approximate surface area is 128 Å². The SMILES string of the molecule is CCCCc1nnc(NCc2ccc(C(=O)OC)cc2)s1. The third-order valence-electron chi connectivity index (χ3n) is 3.03. The van der Waals surface area contributed by atoms with E-state index in [0.717, 1.165) is 35.0 Å². The van der Waals surface area contributed by atoms with Gasteiger partial charge in [0.25, 0.3) is 0 Å². The van der Waals surface area contributed by atoms with Crippen LogP contribution in [0.25, 0.3) is 0 Å². The van der Waals surface area contributed by atoms with Crippen LogP contribution in [0.4, 0.5) is 5.13 Å². The number of rotatable bonds is 7. The van der Waals surface area contributed by atoms with Gasteiger partial charge in [-0.05, 0) is 24.1 Å². The largest absolute Gasteiger partial charge is 0.465 e. The second-order valence-corrected chi connectivity index (χ2v) is 5.71. The molecule has 1 heterocycles. The minimum Gasteiger partial charge on any atom is -0.465 e. The molecular weight excluding hydrogens is 286 g/mol. The molecular formula is C15H19N3O2S. The number of carbonyl (C=O) groups is 1. The minimum atomic E-state index is -0.320. The molecule has 0 fully saturated rings. The van der Waals surface area contributed by atoms with Gasteiger partial charge in [-0.1, -0.05) is 36.8 Å². The molecule has 0 amide bonds. The normalized spacial score (nSPS) is 10.4. The fourth-order valence-corrected chi connectivity index (χ4v) is 2.59. The van der Waals surface area contributed by atoms with Crippen LogP contribution in [0.1, 0.15) is 40.7 Å². The standard InChI is InChI=1S/C15H19N3O2S/c1-3-4-5-13-17-18-15(21-13)16-10-11-6-8-12(9-7-11)14(19)20-2/h6-9H,3-5,10H2,1-2H3,(H,16,18). The van der Waals surface area contributed by atoms with Crippen LogP contribution in [-0.2, 0) is 17.7 Å². The number of benzene rings is 1. The van der Waals surface area contributed by atoms with Crippen LogP contribution >= 0.6 is 11.3 Å². The molecule has 1 aromatic heterocycles. The fraction of sp³-hybridized carbons (Fsp3) is 0.400. The Bertz CT molecular complexity index is 581. The lowest BCUT2D eigenvalue weighted by molar-refractivity contribution is 0.0600. The van der Waals surface area contributed by atoms with Gasteiger partial charge in [-0.15, -0.1) is 10.2 Å². The van der Waals surface area contributed by atoms with E-state index in [4.69, 9.17) is 0 Å². The first-order chi connectivity index (χ1) is 10.2. The number of unbranched alkanes of at least 4 members (excludes halogenated alkanes) is 1. The Hall–Kier alpha value is -1.95. The molecule has 6 heteroatoms. The summed E-state index contributed by atoms with van der Waals surface area (Å²) in [4.78, 5) is 11.3. The van der Waals surface area contributed by atoms with E-state index in [1.807, 2.05) is 12.1 Å². The number of methoxy groups -OCH3 is 1. The van der Waals surface area contributed by atoms with Crippen LogP contribution in [0.5, 0.6) is 0 Å². The molecule has 1 aromatic carbocycles. The molecule has 2 aromatic rings. The maximum Gasteiger partial charge on any atom is 0.337 e. The molecule has 0 aliphatic heterocycles. The summed E-state index contributed by atoms with van der Waals surface area (Å²) in [5, 5.41) is 13.4. The van der Waals surface area contributed by atoms with Gasteiger partial charge >= 0.3 is 5.97 Å². The first-order valence-electron chi connectivity index (χ1n) is 6.96. The quantitative estimate of drug-likeness (QED) is 0.795. The lowest BCUT2D eigenvalue weighted by atomic mass is 10.1. The van der Waals surface area contributed by atoms with Crippen molar-refractivity contribution in [1.29, 1.82) is 0 Å². The van der Waals surface area contributed by atoms with Gasteiger partial charge in [0.15, 0.2) is 0 Å². The van der Waals surface area contributed by atoms with E-state index in [0.29, 0.717) is 12.1 Å². The van der Waals surface area contributed by atoms with E-state index in [9.17, 15) is 4.79 Å². The predicted molar refractivity (Wildman–Crippen MR) is 83.6 cm³/mol. The number of nitrogens with one attached hydrogen (secondary N) is 1. The lowest BCUT2D eigenvalue weighted by Crippen LogP contribution is -2.02. The zero-order valence-corrected chi connectivity index (χ0v) is 13.1. The number of anilines is 1. The van der Waals surface area contributed by atoms with Crippen LogP contribution in [-0.4, -0.2) is 23.3 Å². The Morgan fingerprint density at radius 3 is 2.71 bits per heavy atom. The number of aromatic nitrogens is 2. The number of hydrogen-bond donors (Lipinski definition) is 1. The van der Waals surface area contributed by atoms with E-state index in [1.165, 1.54) is 7.11 Å². The molecule has 0 aliphatic carbocycles. The van der Waals surface area contributed by atoms with Crippen molar-refractivity contribution in [2.75, 3.05) is 12.4 Å². The summed E-state index contributed by atoms with van der Waals surface area (Å²) in [6.45, 7) is 2.82. The summed E-state index contributed by atoms with van der Waals surface area (Å²) in [5.74, 6) is -0.320. The van der Waals surface area contributed by atoms with Gasteiger partial charge in [-0.2, -0.15) is 0 Å². The van der Waals surface area contributed by atoms with Gasteiger partial charge in [0.2, 0.25) is 5.13 Å². The second-order valence-electron chi connectivity index (χ2n) is 4.65. The van der Waals surface area contributed by atoms with E-state index < -0.39 is 0 Å². The molecule has 0 saturated heterocycles. The summed E-state index contributed by atoms with van der Waals surface area (Å²) >= 11 is 1.60. The average Bonchev–Trinajstić information content (AvgIpc) is 2.98. The van der Waals surface area contributed by atoms with Crippen LogP contribution in [0.3, 0.4) is 0 Å². The highest BCUT2D eigenvalue weighted by molar-refractivity contribution is 7.15. The summed E-state index contributed by atoms with van der Waals surface area (Å²) in [6, 6.07) is 7.32. The monoisotopic (exact) mass is 305 g/mol. The predicted octanol–water partition coefficient (Wildman–Crippen LogP) is 3.28. The molecule has 0 saturated carbocycles. The number of ether oxygens (including phenoxy) is 1.